The first-order chi connectivity index (χ1) is 19.1. The van der Waals surface area contributed by atoms with Crippen molar-refractivity contribution in [1.82, 2.24) is 4.90 Å². The van der Waals surface area contributed by atoms with Crippen molar-refractivity contribution in [3.05, 3.63) is 95.6 Å². The summed E-state index contributed by atoms with van der Waals surface area (Å²) in [6, 6.07) is 23.5. The Labute approximate surface area is 236 Å². The van der Waals surface area contributed by atoms with Crippen molar-refractivity contribution < 1.29 is 26.3 Å². The van der Waals surface area contributed by atoms with Gasteiger partial charge in [-0.25, -0.2) is 8.42 Å². The smallest absolute Gasteiger partial charge is 0.406 e. The fraction of sp³-hybridized carbons (Fsp3) is 0.333. The van der Waals surface area contributed by atoms with Gasteiger partial charge in [0.15, 0.2) is 0 Å². The lowest BCUT2D eigenvalue weighted by molar-refractivity contribution is -0.274. The Morgan fingerprint density at radius 2 is 1.60 bits per heavy atom. The van der Waals surface area contributed by atoms with Gasteiger partial charge in [-0.1, -0.05) is 60.7 Å². The minimum absolute atomic E-state index is 0.0123. The van der Waals surface area contributed by atoms with Crippen LogP contribution in [0.4, 0.5) is 18.2 Å². The average Bonchev–Trinajstić information content (AvgIpc) is 3.27. The number of hydrogen-bond donors (Lipinski definition) is 0. The fourth-order valence-electron chi connectivity index (χ4n) is 5.23. The van der Waals surface area contributed by atoms with E-state index in [1.54, 1.807) is 0 Å². The maximum Gasteiger partial charge on any atom is 0.573 e. The van der Waals surface area contributed by atoms with Crippen LogP contribution in [-0.4, -0.2) is 45.1 Å². The zero-order valence-corrected chi connectivity index (χ0v) is 23.7. The Morgan fingerprint density at radius 1 is 0.950 bits per heavy atom. The maximum atomic E-state index is 13.9. The van der Waals surface area contributed by atoms with Crippen LogP contribution in [0.3, 0.4) is 0 Å². The second-order valence-electron chi connectivity index (χ2n) is 10.1. The number of benzene rings is 3. The van der Waals surface area contributed by atoms with E-state index in [0.29, 0.717) is 23.0 Å². The summed E-state index contributed by atoms with van der Waals surface area (Å²) in [6.07, 6.45) is -2.83. The van der Waals surface area contributed by atoms with Gasteiger partial charge in [-0.3, -0.25) is 4.31 Å². The van der Waals surface area contributed by atoms with Crippen LogP contribution in [0.2, 0.25) is 0 Å². The number of piperidine rings is 1. The van der Waals surface area contributed by atoms with Gasteiger partial charge in [0, 0.05) is 11.2 Å². The molecule has 0 N–H and O–H groups in total. The van der Waals surface area contributed by atoms with Gasteiger partial charge in [0.25, 0.3) is 0 Å². The summed E-state index contributed by atoms with van der Waals surface area (Å²) in [5.74, 6) is 0.0880. The normalized spacial score (nSPS) is 15.4. The third kappa shape index (κ3) is 6.79. The molecular weight excluding hydrogens is 557 g/mol. The first kappa shape index (κ1) is 28.4. The van der Waals surface area contributed by atoms with Crippen molar-refractivity contribution in [3.63, 3.8) is 0 Å². The van der Waals surface area contributed by atoms with Crippen molar-refractivity contribution in [3.8, 4) is 5.75 Å². The van der Waals surface area contributed by atoms with Gasteiger partial charge < -0.3 is 9.64 Å². The number of nitrogens with zero attached hydrogens (tertiary/aromatic N) is 2. The van der Waals surface area contributed by atoms with Crippen LogP contribution in [0.25, 0.3) is 10.1 Å². The number of sulfonamides is 1. The third-order valence-electron chi connectivity index (χ3n) is 7.39. The quantitative estimate of drug-likeness (QED) is 0.206. The van der Waals surface area contributed by atoms with E-state index in [1.807, 2.05) is 37.3 Å². The molecule has 1 aromatic heterocycles. The summed E-state index contributed by atoms with van der Waals surface area (Å²) < 4.78 is 72.0. The van der Waals surface area contributed by atoms with Gasteiger partial charge in [-0.05, 0) is 79.0 Å². The van der Waals surface area contributed by atoms with E-state index < -0.39 is 16.4 Å². The van der Waals surface area contributed by atoms with E-state index in [4.69, 9.17) is 0 Å². The van der Waals surface area contributed by atoms with Crippen molar-refractivity contribution in [1.29, 1.82) is 0 Å². The summed E-state index contributed by atoms with van der Waals surface area (Å²) in [5.41, 5.74) is 2.76. The molecule has 40 heavy (non-hydrogen) atoms. The summed E-state index contributed by atoms with van der Waals surface area (Å²) >= 11 is 1.41. The van der Waals surface area contributed by atoms with Crippen LogP contribution in [0.1, 0.15) is 35.4 Å². The minimum Gasteiger partial charge on any atom is -0.406 e. The molecule has 3 aromatic carbocycles. The monoisotopic (exact) mass is 588 g/mol. The lowest BCUT2D eigenvalue weighted by Gasteiger charge is -2.33. The van der Waals surface area contributed by atoms with Crippen LogP contribution < -0.4 is 9.04 Å². The second-order valence-corrected chi connectivity index (χ2v) is 13.1. The molecule has 0 radical (unpaired) electrons. The van der Waals surface area contributed by atoms with E-state index >= 15 is 0 Å². The third-order valence-corrected chi connectivity index (χ3v) is 10.5. The summed E-state index contributed by atoms with van der Waals surface area (Å²) in [6.45, 7) is 4.00. The van der Waals surface area contributed by atoms with E-state index in [2.05, 4.69) is 33.9 Å². The molecule has 0 unspecified atom stereocenters. The molecule has 212 valence electrons. The molecule has 10 heteroatoms. The topological polar surface area (TPSA) is 49.9 Å². The van der Waals surface area contributed by atoms with E-state index in [-0.39, 0.29) is 18.0 Å². The predicted octanol–water partition coefficient (Wildman–Crippen LogP) is 7.32. The summed E-state index contributed by atoms with van der Waals surface area (Å²) in [4.78, 5) is 2.20. The van der Waals surface area contributed by atoms with Crippen LogP contribution in [0.5, 0.6) is 5.75 Å². The molecule has 0 aliphatic carbocycles. The standard InChI is InChI=1S/C30H31F3N2O3S2/c1-22-27-9-5-6-10-28(27)39-29(22)35(21-23-11-13-26(14-12-23)38-30(31,32)33)40(36,37)20-19-34-17-15-25(16-18-34)24-7-3-2-4-8-24/h2-14,25H,15-21H2,1H3. The maximum absolute atomic E-state index is 13.9. The fourth-order valence-corrected chi connectivity index (χ4v) is 8.24. The Bertz CT molecular complexity index is 1530. The highest BCUT2D eigenvalue weighted by molar-refractivity contribution is 7.93. The number of halogens is 3. The van der Waals surface area contributed by atoms with Crippen molar-refractivity contribution in [2.45, 2.75) is 38.6 Å². The number of fused-ring (bicyclic) bond motifs is 1. The highest BCUT2D eigenvalue weighted by Gasteiger charge is 2.32. The largest absolute Gasteiger partial charge is 0.573 e. The molecule has 0 saturated carbocycles. The average molecular weight is 589 g/mol. The Morgan fingerprint density at radius 3 is 2.25 bits per heavy atom. The molecule has 0 atom stereocenters. The van der Waals surface area contributed by atoms with Crippen molar-refractivity contribution >= 4 is 36.4 Å². The number of rotatable bonds is 9. The highest BCUT2D eigenvalue weighted by atomic mass is 32.2. The molecule has 1 saturated heterocycles. The molecule has 1 aliphatic heterocycles. The zero-order chi connectivity index (χ0) is 28.3. The summed E-state index contributed by atoms with van der Waals surface area (Å²) in [5, 5.41) is 1.61. The van der Waals surface area contributed by atoms with E-state index in [1.165, 1.54) is 45.5 Å². The molecule has 5 rings (SSSR count). The first-order valence-electron chi connectivity index (χ1n) is 13.2. The Kier molecular flexibility index (Phi) is 8.39. The van der Waals surface area contributed by atoms with E-state index in [0.717, 1.165) is 41.6 Å². The number of likely N-dealkylation sites (tertiary alicyclic amines) is 1. The number of hydrogen-bond acceptors (Lipinski definition) is 5. The predicted molar refractivity (Wildman–Crippen MR) is 155 cm³/mol. The van der Waals surface area contributed by atoms with Crippen LogP contribution >= 0.6 is 11.3 Å². The van der Waals surface area contributed by atoms with Gasteiger partial charge in [0.2, 0.25) is 10.0 Å². The molecule has 0 spiro atoms. The zero-order valence-electron chi connectivity index (χ0n) is 22.1. The van der Waals surface area contributed by atoms with Crippen molar-refractivity contribution in [2.75, 3.05) is 29.7 Å². The van der Waals surface area contributed by atoms with Gasteiger partial charge in [-0.2, -0.15) is 0 Å². The van der Waals surface area contributed by atoms with Crippen LogP contribution in [0, 0.1) is 6.92 Å². The number of alkyl halides is 3. The molecule has 1 aliphatic rings. The lowest BCUT2D eigenvalue weighted by atomic mass is 9.89. The SMILES string of the molecule is Cc1c(N(Cc2ccc(OC(F)(F)F)cc2)S(=O)(=O)CCN2CCC(c3ccccc3)CC2)sc2ccccc12. The van der Waals surface area contributed by atoms with Gasteiger partial charge in [0.1, 0.15) is 10.8 Å². The number of aryl methyl sites for hydroxylation is 1. The van der Waals surface area contributed by atoms with Crippen LogP contribution in [0.15, 0.2) is 78.9 Å². The van der Waals surface area contributed by atoms with E-state index in [9.17, 15) is 21.6 Å². The van der Waals surface area contributed by atoms with Gasteiger partial charge >= 0.3 is 6.36 Å². The van der Waals surface area contributed by atoms with Crippen molar-refractivity contribution in [2.24, 2.45) is 0 Å². The number of anilines is 1. The molecule has 5 nitrogen and oxygen atoms in total. The highest BCUT2D eigenvalue weighted by Crippen LogP contribution is 2.40. The lowest BCUT2D eigenvalue weighted by Crippen LogP contribution is -2.40. The first-order valence-corrected chi connectivity index (χ1v) is 15.6. The molecule has 2 heterocycles. The molecule has 0 amide bonds. The molecule has 1 fully saturated rings. The summed E-state index contributed by atoms with van der Waals surface area (Å²) in [7, 11) is -3.76. The molecule has 4 aromatic rings. The molecule has 0 bridgehead atoms. The van der Waals surface area contributed by atoms with Gasteiger partial charge in [0.05, 0.1) is 12.3 Å². The second kappa shape index (κ2) is 11.8. The Balaban J connectivity index is 1.33. The van der Waals surface area contributed by atoms with Crippen LogP contribution in [-0.2, 0) is 16.6 Å². The Hall–Kier alpha value is -3.08. The van der Waals surface area contributed by atoms with Gasteiger partial charge in [-0.15, -0.1) is 24.5 Å². The minimum atomic E-state index is -4.79. The number of ether oxygens (including phenoxy) is 1. The molecular formula is C30H31F3N2O3S2. The number of thiophene rings is 1.